The summed E-state index contributed by atoms with van der Waals surface area (Å²) < 4.78 is 6.02. The van der Waals surface area contributed by atoms with E-state index in [-0.39, 0.29) is 29.3 Å². The molecule has 1 N–H and O–H groups in total. The maximum atomic E-state index is 12.7. The zero-order valence-electron chi connectivity index (χ0n) is 15.8. The zero-order chi connectivity index (χ0) is 18.6. The fraction of sp³-hybridized carbons (Fsp3) is 0.632. The molecule has 0 spiro atoms. The summed E-state index contributed by atoms with van der Waals surface area (Å²) in [4.78, 5) is 30.4. The largest absolute Gasteiger partial charge is 0.488 e. The highest BCUT2D eigenvalue weighted by Gasteiger charge is 2.33. The molecular weight excluding hydrogens is 318 g/mol. The Labute approximate surface area is 150 Å². The molecule has 1 aromatic heterocycles. The minimum Gasteiger partial charge on any atom is -0.488 e. The summed E-state index contributed by atoms with van der Waals surface area (Å²) in [6, 6.07) is 3.38. The van der Waals surface area contributed by atoms with E-state index in [0.717, 1.165) is 19.4 Å². The second-order valence-electron chi connectivity index (χ2n) is 7.71. The lowest BCUT2D eigenvalue weighted by Gasteiger charge is -2.37. The molecule has 0 aliphatic carbocycles. The number of carbonyl (C=O) groups excluding carboxylic acids is 2. The van der Waals surface area contributed by atoms with Gasteiger partial charge in [-0.1, -0.05) is 27.7 Å². The molecule has 0 radical (unpaired) electrons. The monoisotopic (exact) mass is 347 g/mol. The number of hydrogen-bond acceptors (Lipinski definition) is 4. The van der Waals surface area contributed by atoms with Gasteiger partial charge in [-0.2, -0.15) is 0 Å². The summed E-state index contributed by atoms with van der Waals surface area (Å²) in [7, 11) is 1.57. The molecular formula is C19H29N3O3. The van der Waals surface area contributed by atoms with Crippen LogP contribution in [0.25, 0.3) is 0 Å². The number of rotatable bonds is 4. The number of carbonyl (C=O) groups is 2. The fourth-order valence-corrected chi connectivity index (χ4v) is 2.81. The van der Waals surface area contributed by atoms with Gasteiger partial charge in [-0.3, -0.25) is 14.6 Å². The lowest BCUT2D eigenvalue weighted by atomic mass is 9.81. The molecule has 1 aromatic rings. The highest BCUT2D eigenvalue weighted by atomic mass is 16.5. The van der Waals surface area contributed by atoms with Gasteiger partial charge in [0.25, 0.3) is 5.91 Å². The van der Waals surface area contributed by atoms with Crippen LogP contribution in [0.5, 0.6) is 5.75 Å². The van der Waals surface area contributed by atoms with Crippen LogP contribution in [0.1, 0.15) is 51.0 Å². The van der Waals surface area contributed by atoms with Gasteiger partial charge in [0.05, 0.1) is 6.54 Å². The third kappa shape index (κ3) is 4.94. The minimum atomic E-state index is -0.245. The molecule has 2 amide bonds. The number of hydrogen-bond donors (Lipinski definition) is 1. The van der Waals surface area contributed by atoms with Crippen LogP contribution in [0.15, 0.2) is 18.3 Å². The first kappa shape index (κ1) is 19.2. The van der Waals surface area contributed by atoms with Crippen molar-refractivity contribution < 1.29 is 14.3 Å². The van der Waals surface area contributed by atoms with Gasteiger partial charge in [0.15, 0.2) is 0 Å². The van der Waals surface area contributed by atoms with E-state index in [1.165, 1.54) is 0 Å². The Bertz CT molecular complexity index is 625. The second kappa shape index (κ2) is 7.85. The summed E-state index contributed by atoms with van der Waals surface area (Å²) in [5, 5.41) is 2.55. The normalized spacial score (nSPS) is 19.2. The predicted octanol–water partition coefficient (Wildman–Crippen LogP) is 2.49. The lowest BCUT2D eigenvalue weighted by Crippen LogP contribution is -2.48. The topological polar surface area (TPSA) is 71.5 Å². The summed E-state index contributed by atoms with van der Waals surface area (Å²) in [6.45, 7) is 9.61. The lowest BCUT2D eigenvalue weighted by molar-refractivity contribution is -0.140. The number of likely N-dealkylation sites (tertiary alicyclic amines) is 1. The van der Waals surface area contributed by atoms with Gasteiger partial charge < -0.3 is 15.0 Å². The number of pyridine rings is 1. The summed E-state index contributed by atoms with van der Waals surface area (Å²) in [5.74, 6) is 0.510. The van der Waals surface area contributed by atoms with Crippen LogP contribution < -0.4 is 10.1 Å². The standard InChI is InChI=1S/C19H29N3O3/c1-13(19(2,3)4)18(24)22-10-6-7-15(12-22)25-14-8-9-21-16(11-14)17(23)20-5/h8-9,11,13,15H,6-7,10,12H2,1-5H3,(H,20,23). The van der Waals surface area contributed by atoms with Crippen molar-refractivity contribution in [1.29, 1.82) is 0 Å². The molecule has 0 aromatic carbocycles. The Kier molecular flexibility index (Phi) is 6.03. The van der Waals surface area contributed by atoms with Crippen molar-refractivity contribution in [2.75, 3.05) is 20.1 Å². The number of ether oxygens (including phenoxy) is 1. The molecule has 6 heteroatoms. The van der Waals surface area contributed by atoms with Crippen molar-refractivity contribution in [2.24, 2.45) is 11.3 Å². The Morgan fingerprint density at radius 3 is 2.76 bits per heavy atom. The van der Waals surface area contributed by atoms with E-state index < -0.39 is 0 Å². The number of nitrogens with zero attached hydrogens (tertiary/aromatic N) is 2. The van der Waals surface area contributed by atoms with E-state index in [9.17, 15) is 9.59 Å². The summed E-state index contributed by atoms with van der Waals surface area (Å²) in [5.41, 5.74) is 0.267. The van der Waals surface area contributed by atoms with Gasteiger partial charge in [-0.15, -0.1) is 0 Å². The van der Waals surface area contributed by atoms with Gasteiger partial charge in [0.2, 0.25) is 5.91 Å². The van der Waals surface area contributed by atoms with Crippen LogP contribution in [0.3, 0.4) is 0 Å². The minimum absolute atomic E-state index is 0.0352. The molecule has 0 saturated carbocycles. The average molecular weight is 347 g/mol. The highest BCUT2D eigenvalue weighted by molar-refractivity contribution is 5.92. The molecule has 25 heavy (non-hydrogen) atoms. The van der Waals surface area contributed by atoms with Crippen molar-refractivity contribution in [1.82, 2.24) is 15.2 Å². The van der Waals surface area contributed by atoms with Crippen molar-refractivity contribution in [3.8, 4) is 5.75 Å². The third-order valence-corrected chi connectivity index (χ3v) is 4.85. The fourth-order valence-electron chi connectivity index (χ4n) is 2.81. The molecule has 1 saturated heterocycles. The van der Waals surface area contributed by atoms with Crippen molar-refractivity contribution >= 4 is 11.8 Å². The van der Waals surface area contributed by atoms with Crippen LogP contribution in [0.4, 0.5) is 0 Å². The van der Waals surface area contributed by atoms with Gasteiger partial charge in [0, 0.05) is 31.8 Å². The van der Waals surface area contributed by atoms with Gasteiger partial charge >= 0.3 is 0 Å². The smallest absolute Gasteiger partial charge is 0.269 e. The van der Waals surface area contributed by atoms with E-state index >= 15 is 0 Å². The molecule has 1 aliphatic rings. The van der Waals surface area contributed by atoms with Gasteiger partial charge in [0.1, 0.15) is 17.5 Å². The molecule has 1 aliphatic heterocycles. The van der Waals surface area contributed by atoms with Crippen molar-refractivity contribution in [3.63, 3.8) is 0 Å². The van der Waals surface area contributed by atoms with Crippen molar-refractivity contribution in [2.45, 2.75) is 46.6 Å². The molecule has 2 heterocycles. The summed E-state index contributed by atoms with van der Waals surface area (Å²) >= 11 is 0. The van der Waals surface area contributed by atoms with Crippen LogP contribution in [0, 0.1) is 11.3 Å². The van der Waals surface area contributed by atoms with E-state index in [1.807, 2.05) is 11.8 Å². The number of aromatic nitrogens is 1. The molecule has 6 nitrogen and oxygen atoms in total. The Hall–Kier alpha value is -2.11. The summed E-state index contributed by atoms with van der Waals surface area (Å²) in [6.07, 6.45) is 3.31. The molecule has 1 fully saturated rings. The van der Waals surface area contributed by atoms with Crippen LogP contribution in [-0.4, -0.2) is 47.9 Å². The Morgan fingerprint density at radius 2 is 2.12 bits per heavy atom. The first-order valence-electron chi connectivity index (χ1n) is 8.86. The first-order chi connectivity index (χ1) is 11.7. The SMILES string of the molecule is CNC(=O)c1cc(OC2CCCN(C(=O)C(C)C(C)(C)C)C2)ccn1. The van der Waals surface area contributed by atoms with E-state index in [0.29, 0.717) is 18.0 Å². The number of nitrogens with one attached hydrogen (secondary N) is 1. The van der Waals surface area contributed by atoms with E-state index in [1.54, 1.807) is 25.4 Å². The molecule has 2 unspecified atom stereocenters. The maximum Gasteiger partial charge on any atom is 0.269 e. The highest BCUT2D eigenvalue weighted by Crippen LogP contribution is 2.28. The zero-order valence-corrected chi connectivity index (χ0v) is 15.8. The Balaban J connectivity index is 2.02. The van der Waals surface area contributed by atoms with Crippen LogP contribution >= 0.6 is 0 Å². The van der Waals surface area contributed by atoms with Crippen LogP contribution in [-0.2, 0) is 4.79 Å². The first-order valence-corrected chi connectivity index (χ1v) is 8.86. The van der Waals surface area contributed by atoms with Gasteiger partial charge in [-0.05, 0) is 24.3 Å². The maximum absolute atomic E-state index is 12.7. The quantitative estimate of drug-likeness (QED) is 0.908. The molecule has 2 rings (SSSR count). The average Bonchev–Trinajstić information content (AvgIpc) is 2.59. The number of amides is 2. The molecule has 138 valence electrons. The molecule has 2 atom stereocenters. The second-order valence-corrected chi connectivity index (χ2v) is 7.71. The molecule has 0 bridgehead atoms. The van der Waals surface area contributed by atoms with E-state index in [4.69, 9.17) is 4.74 Å². The number of piperidine rings is 1. The van der Waals surface area contributed by atoms with Crippen molar-refractivity contribution in [3.05, 3.63) is 24.0 Å². The van der Waals surface area contributed by atoms with E-state index in [2.05, 4.69) is 31.1 Å². The Morgan fingerprint density at radius 1 is 1.40 bits per heavy atom. The van der Waals surface area contributed by atoms with Crippen LogP contribution in [0.2, 0.25) is 0 Å². The predicted molar refractivity (Wildman–Crippen MR) is 96.5 cm³/mol. The third-order valence-electron chi connectivity index (χ3n) is 4.85. The van der Waals surface area contributed by atoms with Gasteiger partial charge in [-0.25, -0.2) is 0 Å².